The lowest BCUT2D eigenvalue weighted by atomic mass is 10.0. The topological polar surface area (TPSA) is 75.4 Å². The molecule has 4 heterocycles. The monoisotopic (exact) mass is 479 g/mol. The first-order chi connectivity index (χ1) is 15.9. The van der Waals surface area contributed by atoms with Crippen LogP contribution < -0.4 is 0 Å². The average Bonchev–Trinajstić information content (AvgIpc) is 3.34. The predicted octanol–water partition coefficient (Wildman–Crippen LogP) is 4.93. The normalized spacial score (nSPS) is 13.3. The van der Waals surface area contributed by atoms with Crippen molar-refractivity contribution in [3.63, 3.8) is 0 Å². The van der Waals surface area contributed by atoms with Crippen LogP contribution in [0, 0.1) is 6.92 Å². The van der Waals surface area contributed by atoms with E-state index in [1.807, 2.05) is 23.1 Å². The van der Waals surface area contributed by atoms with Gasteiger partial charge in [0.2, 0.25) is 5.91 Å². The number of hydrogen-bond donors (Lipinski definition) is 1. The van der Waals surface area contributed by atoms with Crippen molar-refractivity contribution >= 4 is 45.8 Å². The lowest BCUT2D eigenvalue weighted by Gasteiger charge is -2.28. The number of benzene rings is 1. The van der Waals surface area contributed by atoms with Gasteiger partial charge in [-0.05, 0) is 60.4 Å². The second-order valence-corrected chi connectivity index (χ2v) is 10.1. The van der Waals surface area contributed by atoms with Crippen LogP contribution >= 0.6 is 22.9 Å². The van der Waals surface area contributed by atoms with Crippen molar-refractivity contribution in [2.24, 2.45) is 0 Å². The van der Waals surface area contributed by atoms with E-state index in [9.17, 15) is 14.7 Å². The van der Waals surface area contributed by atoms with E-state index < -0.39 is 5.97 Å². The van der Waals surface area contributed by atoms with Crippen LogP contribution in [0.2, 0.25) is 4.34 Å². The Labute approximate surface area is 200 Å². The van der Waals surface area contributed by atoms with E-state index in [4.69, 9.17) is 11.6 Å². The molecule has 0 aliphatic carbocycles. The molecule has 8 heteroatoms. The van der Waals surface area contributed by atoms with E-state index in [-0.39, 0.29) is 17.9 Å². The number of pyridine rings is 1. The minimum absolute atomic E-state index is 0.0343. The highest BCUT2D eigenvalue weighted by Gasteiger charge is 2.27. The Morgan fingerprint density at radius 3 is 2.79 bits per heavy atom. The summed E-state index contributed by atoms with van der Waals surface area (Å²) in [5.74, 6) is -0.922. The lowest BCUT2D eigenvalue weighted by molar-refractivity contribution is -0.131. The average molecular weight is 480 g/mol. The van der Waals surface area contributed by atoms with Gasteiger partial charge in [0, 0.05) is 28.7 Å². The Balaban J connectivity index is 1.42. The van der Waals surface area contributed by atoms with Crippen molar-refractivity contribution in [1.82, 2.24) is 14.5 Å². The molecule has 33 heavy (non-hydrogen) atoms. The van der Waals surface area contributed by atoms with Crippen LogP contribution in [-0.2, 0) is 30.7 Å². The van der Waals surface area contributed by atoms with Gasteiger partial charge < -0.3 is 14.6 Å². The highest BCUT2D eigenvalue weighted by atomic mass is 35.5. The fraction of sp³-hybridized carbons (Fsp3) is 0.240. The van der Waals surface area contributed by atoms with Crippen LogP contribution in [-0.4, -0.2) is 38.0 Å². The minimum Gasteiger partial charge on any atom is -0.478 e. The highest BCUT2D eigenvalue weighted by molar-refractivity contribution is 7.16. The largest absolute Gasteiger partial charge is 0.478 e. The molecule has 1 aliphatic heterocycles. The molecule has 5 rings (SSSR count). The SMILES string of the molecule is Cc1cc(CC(=O)N2CCc3c(n(Cc4ccc(Cl)s4)c4ncccc34)C2)ccc1C(=O)O. The molecule has 168 valence electrons. The summed E-state index contributed by atoms with van der Waals surface area (Å²) < 4.78 is 2.96. The van der Waals surface area contributed by atoms with Crippen LogP contribution in [0.5, 0.6) is 0 Å². The van der Waals surface area contributed by atoms with Crippen molar-refractivity contribution in [2.45, 2.75) is 32.9 Å². The molecule has 0 radical (unpaired) electrons. The van der Waals surface area contributed by atoms with Crippen LogP contribution in [0.15, 0.2) is 48.7 Å². The smallest absolute Gasteiger partial charge is 0.335 e. The quantitative estimate of drug-likeness (QED) is 0.440. The first-order valence-corrected chi connectivity index (χ1v) is 11.9. The fourth-order valence-electron chi connectivity index (χ4n) is 4.60. The van der Waals surface area contributed by atoms with Gasteiger partial charge >= 0.3 is 5.97 Å². The second kappa shape index (κ2) is 8.65. The molecular formula is C25H22ClN3O3S. The summed E-state index contributed by atoms with van der Waals surface area (Å²) in [5.41, 5.74) is 5.05. The van der Waals surface area contributed by atoms with E-state index in [2.05, 4.69) is 15.6 Å². The number of hydrogen-bond acceptors (Lipinski definition) is 4. The number of halogens is 1. The molecule has 0 atom stereocenters. The molecule has 0 saturated carbocycles. The van der Waals surface area contributed by atoms with Gasteiger partial charge in [-0.1, -0.05) is 23.7 Å². The number of aromatic carboxylic acids is 1. The molecule has 0 spiro atoms. The number of carboxylic acids is 1. The third-order valence-electron chi connectivity index (χ3n) is 6.19. The van der Waals surface area contributed by atoms with Gasteiger partial charge in [0.25, 0.3) is 0 Å². The molecule has 0 saturated heterocycles. The number of amides is 1. The minimum atomic E-state index is -0.956. The Kier molecular flexibility index (Phi) is 5.68. The van der Waals surface area contributed by atoms with Crippen LogP contribution in [0.4, 0.5) is 0 Å². The predicted molar refractivity (Wildman–Crippen MR) is 129 cm³/mol. The maximum Gasteiger partial charge on any atom is 0.335 e. The molecule has 1 amide bonds. The van der Waals surface area contributed by atoms with E-state index in [0.717, 1.165) is 37.9 Å². The molecule has 0 fully saturated rings. The van der Waals surface area contributed by atoms with Crippen molar-refractivity contribution < 1.29 is 14.7 Å². The van der Waals surface area contributed by atoms with Crippen LogP contribution in [0.1, 0.15) is 37.6 Å². The van der Waals surface area contributed by atoms with Gasteiger partial charge in [-0.25, -0.2) is 9.78 Å². The molecule has 3 aromatic heterocycles. The summed E-state index contributed by atoms with van der Waals surface area (Å²) in [5, 5.41) is 10.4. The molecular weight excluding hydrogens is 458 g/mol. The number of carboxylic acid groups (broad SMARTS) is 1. The first-order valence-electron chi connectivity index (χ1n) is 10.7. The van der Waals surface area contributed by atoms with E-state index in [0.29, 0.717) is 25.2 Å². The van der Waals surface area contributed by atoms with Crippen molar-refractivity contribution in [3.8, 4) is 0 Å². The summed E-state index contributed by atoms with van der Waals surface area (Å²) in [7, 11) is 0. The van der Waals surface area contributed by atoms with Crippen molar-refractivity contribution in [1.29, 1.82) is 0 Å². The summed E-state index contributed by atoms with van der Waals surface area (Å²) >= 11 is 7.70. The summed E-state index contributed by atoms with van der Waals surface area (Å²) in [4.78, 5) is 32.1. The number of carbonyl (C=O) groups is 2. The van der Waals surface area contributed by atoms with Crippen molar-refractivity contribution in [3.05, 3.63) is 85.8 Å². The lowest BCUT2D eigenvalue weighted by Crippen LogP contribution is -2.37. The Hall–Kier alpha value is -3.16. The second-order valence-electron chi connectivity index (χ2n) is 8.29. The zero-order valence-electron chi connectivity index (χ0n) is 18.0. The Morgan fingerprint density at radius 2 is 2.06 bits per heavy atom. The highest BCUT2D eigenvalue weighted by Crippen LogP contribution is 2.32. The van der Waals surface area contributed by atoms with Crippen LogP contribution in [0.25, 0.3) is 11.0 Å². The fourth-order valence-corrected chi connectivity index (χ4v) is 5.67. The number of nitrogens with zero attached hydrogens (tertiary/aromatic N) is 3. The molecule has 1 aromatic carbocycles. The van der Waals surface area contributed by atoms with Gasteiger partial charge in [-0.3, -0.25) is 4.79 Å². The standard InChI is InChI=1S/C25H22ClN3O3S/c1-15-11-16(4-6-18(15)25(31)32)12-23(30)28-10-8-19-20-3-2-9-27-24(20)29(21(19)14-28)13-17-5-7-22(26)33-17/h2-7,9,11H,8,10,12-14H2,1H3,(H,31,32). The van der Waals surface area contributed by atoms with Gasteiger partial charge in [-0.15, -0.1) is 11.3 Å². The van der Waals surface area contributed by atoms with E-state index in [1.165, 1.54) is 5.56 Å². The summed E-state index contributed by atoms with van der Waals surface area (Å²) in [6.45, 7) is 3.59. The molecule has 0 bridgehead atoms. The first kappa shape index (κ1) is 21.7. The zero-order chi connectivity index (χ0) is 23.1. The maximum absolute atomic E-state index is 13.2. The third kappa shape index (κ3) is 4.14. The number of aryl methyl sites for hydroxylation is 1. The number of fused-ring (bicyclic) bond motifs is 3. The molecule has 1 N–H and O–H groups in total. The molecule has 1 aliphatic rings. The number of carbonyl (C=O) groups excluding carboxylic acids is 1. The van der Waals surface area contributed by atoms with Gasteiger partial charge in [-0.2, -0.15) is 0 Å². The zero-order valence-corrected chi connectivity index (χ0v) is 19.6. The van der Waals surface area contributed by atoms with Gasteiger partial charge in [0.15, 0.2) is 0 Å². The van der Waals surface area contributed by atoms with E-state index >= 15 is 0 Å². The molecule has 6 nitrogen and oxygen atoms in total. The van der Waals surface area contributed by atoms with Crippen molar-refractivity contribution in [2.75, 3.05) is 6.54 Å². The molecule has 0 unspecified atom stereocenters. The number of aromatic nitrogens is 2. The number of rotatable bonds is 5. The van der Waals surface area contributed by atoms with E-state index in [1.54, 1.807) is 42.7 Å². The summed E-state index contributed by atoms with van der Waals surface area (Å²) in [6.07, 6.45) is 2.82. The third-order valence-corrected chi connectivity index (χ3v) is 7.40. The van der Waals surface area contributed by atoms with Gasteiger partial charge in [0.05, 0.1) is 29.4 Å². The summed E-state index contributed by atoms with van der Waals surface area (Å²) in [6, 6.07) is 13.1. The molecule has 4 aromatic rings. The Morgan fingerprint density at radius 1 is 1.21 bits per heavy atom. The number of thiophene rings is 1. The maximum atomic E-state index is 13.2. The Bertz CT molecular complexity index is 1390. The van der Waals surface area contributed by atoms with Crippen LogP contribution in [0.3, 0.4) is 0 Å². The van der Waals surface area contributed by atoms with Gasteiger partial charge in [0.1, 0.15) is 5.65 Å².